The highest BCUT2D eigenvalue weighted by molar-refractivity contribution is 6.08. The van der Waals surface area contributed by atoms with Gasteiger partial charge in [0.15, 0.2) is 11.6 Å². The van der Waals surface area contributed by atoms with Crippen LogP contribution in [0.3, 0.4) is 0 Å². The standard InChI is InChI=1S/C18H22FN5O2/c1-22-8-5-11(6-9-22)12-3-4-13-16(15(12)19)23(2)21-17(13)24-10-7-14(25)20-18(24)26/h3-4,11H,5-10H2,1-2H3,(H,20,25,26). The summed E-state index contributed by atoms with van der Waals surface area (Å²) in [5, 5.41) is 7.24. The van der Waals surface area contributed by atoms with Gasteiger partial charge in [-0.25, -0.2) is 9.18 Å². The molecule has 2 aliphatic heterocycles. The van der Waals surface area contributed by atoms with Gasteiger partial charge in [0.05, 0.1) is 0 Å². The summed E-state index contributed by atoms with van der Waals surface area (Å²) in [7, 11) is 3.76. The number of urea groups is 1. The average Bonchev–Trinajstić information content (AvgIpc) is 2.94. The molecule has 138 valence electrons. The number of anilines is 1. The number of fused-ring (bicyclic) bond motifs is 1. The van der Waals surface area contributed by atoms with Crippen molar-refractivity contribution in [1.82, 2.24) is 20.0 Å². The summed E-state index contributed by atoms with van der Waals surface area (Å²) in [6, 6.07) is 3.16. The predicted molar refractivity (Wildman–Crippen MR) is 95.6 cm³/mol. The van der Waals surface area contributed by atoms with E-state index in [1.54, 1.807) is 7.05 Å². The number of likely N-dealkylation sites (tertiary alicyclic amines) is 1. The Bertz CT molecular complexity index is 885. The van der Waals surface area contributed by atoms with Crippen LogP contribution in [0.2, 0.25) is 0 Å². The number of rotatable bonds is 2. The predicted octanol–water partition coefficient (Wildman–Crippen LogP) is 1.97. The van der Waals surface area contributed by atoms with Gasteiger partial charge in [-0.15, -0.1) is 0 Å². The fraction of sp³-hybridized carbons (Fsp3) is 0.500. The fourth-order valence-electron chi connectivity index (χ4n) is 3.92. The van der Waals surface area contributed by atoms with E-state index in [9.17, 15) is 9.59 Å². The largest absolute Gasteiger partial charge is 0.329 e. The van der Waals surface area contributed by atoms with Crippen molar-refractivity contribution in [3.05, 3.63) is 23.5 Å². The third kappa shape index (κ3) is 2.74. The van der Waals surface area contributed by atoms with Gasteiger partial charge in [-0.05, 0) is 50.5 Å². The van der Waals surface area contributed by atoms with E-state index in [0.29, 0.717) is 16.7 Å². The fourth-order valence-corrected chi connectivity index (χ4v) is 3.92. The molecule has 3 amide bonds. The van der Waals surface area contributed by atoms with Crippen LogP contribution in [0.5, 0.6) is 0 Å². The Morgan fingerprint density at radius 2 is 1.88 bits per heavy atom. The molecule has 4 rings (SSSR count). The first-order valence-corrected chi connectivity index (χ1v) is 8.90. The second kappa shape index (κ2) is 6.35. The Balaban J connectivity index is 1.74. The van der Waals surface area contributed by atoms with Gasteiger partial charge in [0.1, 0.15) is 5.52 Å². The molecule has 3 heterocycles. The molecule has 2 saturated heterocycles. The number of benzene rings is 1. The minimum Gasteiger partial charge on any atom is -0.306 e. The number of hydrogen-bond donors (Lipinski definition) is 1. The van der Waals surface area contributed by atoms with Crippen LogP contribution in [0.25, 0.3) is 10.9 Å². The van der Waals surface area contributed by atoms with Gasteiger partial charge in [0.25, 0.3) is 0 Å². The summed E-state index contributed by atoms with van der Waals surface area (Å²) in [6.45, 7) is 2.16. The number of hydrogen-bond acceptors (Lipinski definition) is 4. The van der Waals surface area contributed by atoms with E-state index >= 15 is 4.39 Å². The Labute approximate surface area is 150 Å². The molecular weight excluding hydrogens is 337 g/mol. The van der Waals surface area contributed by atoms with E-state index in [1.807, 2.05) is 12.1 Å². The molecule has 1 aromatic heterocycles. The summed E-state index contributed by atoms with van der Waals surface area (Å²) in [5.74, 6) is 0.0280. The average molecular weight is 359 g/mol. The zero-order valence-electron chi connectivity index (χ0n) is 15.0. The number of nitrogens with one attached hydrogen (secondary N) is 1. The summed E-state index contributed by atoms with van der Waals surface area (Å²) < 4.78 is 16.8. The van der Waals surface area contributed by atoms with Crippen LogP contribution in [0.15, 0.2) is 12.1 Å². The van der Waals surface area contributed by atoms with Gasteiger partial charge < -0.3 is 4.90 Å². The Morgan fingerprint density at radius 1 is 1.15 bits per heavy atom. The highest BCUT2D eigenvalue weighted by Gasteiger charge is 2.30. The van der Waals surface area contributed by atoms with E-state index in [0.717, 1.165) is 31.5 Å². The molecule has 0 radical (unpaired) electrons. The SMILES string of the molecule is CN1CCC(c2ccc3c(N4CCC(=O)NC4=O)nn(C)c3c2F)CC1. The van der Waals surface area contributed by atoms with Crippen molar-refractivity contribution in [3.63, 3.8) is 0 Å². The Morgan fingerprint density at radius 3 is 2.58 bits per heavy atom. The third-order valence-corrected chi connectivity index (χ3v) is 5.42. The molecule has 1 aromatic carbocycles. The molecule has 2 aliphatic rings. The maximum atomic E-state index is 15.3. The molecule has 0 aliphatic carbocycles. The summed E-state index contributed by atoms with van der Waals surface area (Å²) in [5.41, 5.74) is 1.12. The molecule has 8 heteroatoms. The minimum atomic E-state index is -0.513. The number of halogens is 1. The Hall–Kier alpha value is -2.48. The molecule has 0 atom stereocenters. The van der Waals surface area contributed by atoms with Crippen molar-refractivity contribution in [2.75, 3.05) is 31.6 Å². The van der Waals surface area contributed by atoms with Gasteiger partial charge in [-0.1, -0.05) is 6.07 Å². The smallest absolute Gasteiger partial charge is 0.306 e. The first kappa shape index (κ1) is 17.0. The van der Waals surface area contributed by atoms with Crippen molar-refractivity contribution in [3.8, 4) is 0 Å². The lowest BCUT2D eigenvalue weighted by molar-refractivity contribution is -0.120. The van der Waals surface area contributed by atoms with Crippen LogP contribution in [-0.2, 0) is 11.8 Å². The molecule has 0 bridgehead atoms. The van der Waals surface area contributed by atoms with Crippen LogP contribution < -0.4 is 10.2 Å². The lowest BCUT2D eigenvalue weighted by Gasteiger charge is -2.29. The second-order valence-corrected chi connectivity index (χ2v) is 7.14. The van der Waals surface area contributed by atoms with E-state index in [-0.39, 0.29) is 30.6 Å². The van der Waals surface area contributed by atoms with Gasteiger partial charge in [-0.3, -0.25) is 19.7 Å². The molecule has 2 fully saturated rings. The maximum Gasteiger partial charge on any atom is 0.329 e. The number of nitrogens with zero attached hydrogens (tertiary/aromatic N) is 4. The first-order chi connectivity index (χ1) is 12.5. The molecule has 0 spiro atoms. The lowest BCUT2D eigenvalue weighted by atomic mass is 9.88. The number of carbonyl (C=O) groups is 2. The van der Waals surface area contributed by atoms with E-state index in [4.69, 9.17) is 0 Å². The van der Waals surface area contributed by atoms with Crippen molar-refractivity contribution < 1.29 is 14.0 Å². The van der Waals surface area contributed by atoms with Crippen LogP contribution in [0.1, 0.15) is 30.7 Å². The topological polar surface area (TPSA) is 70.5 Å². The molecule has 1 N–H and O–H groups in total. The number of piperidine rings is 1. The number of aryl methyl sites for hydroxylation is 1. The van der Waals surface area contributed by atoms with Gasteiger partial charge in [0.2, 0.25) is 5.91 Å². The minimum absolute atomic E-state index is 0.199. The first-order valence-electron chi connectivity index (χ1n) is 8.90. The molecule has 26 heavy (non-hydrogen) atoms. The van der Waals surface area contributed by atoms with E-state index in [1.165, 1.54) is 9.58 Å². The molecular formula is C18H22FN5O2. The molecule has 2 aromatic rings. The summed E-state index contributed by atoms with van der Waals surface area (Å²) >= 11 is 0. The molecule has 0 unspecified atom stereocenters. The normalized spacial score (nSPS) is 20.0. The van der Waals surface area contributed by atoms with Crippen LogP contribution in [0, 0.1) is 5.82 Å². The lowest BCUT2D eigenvalue weighted by Crippen LogP contribution is -2.49. The Kier molecular flexibility index (Phi) is 4.14. The number of carbonyl (C=O) groups excluding carboxylic acids is 2. The molecule has 7 nitrogen and oxygen atoms in total. The van der Waals surface area contributed by atoms with Gasteiger partial charge >= 0.3 is 6.03 Å². The van der Waals surface area contributed by atoms with Crippen LogP contribution in [-0.4, -0.2) is 53.3 Å². The summed E-state index contributed by atoms with van der Waals surface area (Å²) in [4.78, 5) is 27.2. The van der Waals surface area contributed by atoms with Crippen molar-refractivity contribution >= 4 is 28.7 Å². The molecule has 0 saturated carbocycles. The van der Waals surface area contributed by atoms with Gasteiger partial charge in [0, 0.05) is 25.4 Å². The van der Waals surface area contributed by atoms with E-state index < -0.39 is 6.03 Å². The third-order valence-electron chi connectivity index (χ3n) is 5.42. The van der Waals surface area contributed by atoms with Crippen molar-refractivity contribution in [2.45, 2.75) is 25.2 Å². The zero-order valence-corrected chi connectivity index (χ0v) is 15.0. The van der Waals surface area contributed by atoms with E-state index in [2.05, 4.69) is 22.4 Å². The second-order valence-electron chi connectivity index (χ2n) is 7.14. The monoisotopic (exact) mass is 359 g/mol. The van der Waals surface area contributed by atoms with Gasteiger partial charge in [-0.2, -0.15) is 5.10 Å². The quantitative estimate of drug-likeness (QED) is 0.890. The number of amides is 3. The summed E-state index contributed by atoms with van der Waals surface area (Å²) in [6.07, 6.45) is 2.07. The zero-order chi connectivity index (χ0) is 18.4. The highest BCUT2D eigenvalue weighted by Crippen LogP contribution is 2.35. The van der Waals surface area contributed by atoms with Crippen LogP contribution >= 0.6 is 0 Å². The van der Waals surface area contributed by atoms with Crippen molar-refractivity contribution in [2.24, 2.45) is 7.05 Å². The maximum absolute atomic E-state index is 15.3. The van der Waals surface area contributed by atoms with Crippen LogP contribution in [0.4, 0.5) is 15.0 Å². The highest BCUT2D eigenvalue weighted by atomic mass is 19.1. The number of imide groups is 1. The van der Waals surface area contributed by atoms with Crippen molar-refractivity contribution in [1.29, 1.82) is 0 Å². The number of aromatic nitrogens is 2.